The van der Waals surface area contributed by atoms with Crippen LogP contribution in [-0.2, 0) is 12.3 Å². The number of rotatable bonds is 4. The van der Waals surface area contributed by atoms with Gasteiger partial charge in [0.15, 0.2) is 0 Å². The highest BCUT2D eigenvalue weighted by Crippen LogP contribution is 2.22. The Labute approximate surface area is 115 Å². The van der Waals surface area contributed by atoms with Crippen molar-refractivity contribution in [1.82, 2.24) is 9.97 Å². The van der Waals surface area contributed by atoms with Crippen LogP contribution in [0.1, 0.15) is 34.6 Å². The Kier molecular flexibility index (Phi) is 4.43. The monoisotopic (exact) mass is 282 g/mol. The van der Waals surface area contributed by atoms with E-state index in [-0.39, 0.29) is 17.1 Å². The van der Waals surface area contributed by atoms with Crippen LogP contribution in [0.2, 0.25) is 0 Å². The normalized spacial score (nSPS) is 11.0. The Morgan fingerprint density at radius 1 is 1.32 bits per heavy atom. The van der Waals surface area contributed by atoms with Crippen LogP contribution in [0.25, 0.3) is 0 Å². The van der Waals surface area contributed by atoms with E-state index in [1.54, 1.807) is 0 Å². The van der Waals surface area contributed by atoms with Crippen LogP contribution in [0.5, 0.6) is 0 Å². The van der Waals surface area contributed by atoms with Gasteiger partial charge < -0.3 is 0 Å². The zero-order valence-electron chi connectivity index (χ0n) is 10.4. The minimum Gasteiger partial charge on any atom is -0.241 e. The molecular weight excluding hydrogens is 270 g/mol. The number of nitrogens with zero attached hydrogens (tertiary/aromatic N) is 2. The Morgan fingerprint density at radius 2 is 2.11 bits per heavy atom. The van der Waals surface area contributed by atoms with E-state index in [1.807, 2.05) is 31.2 Å². The number of hydrogen-bond acceptors (Lipinski definition) is 2. The third-order valence-electron chi connectivity index (χ3n) is 2.74. The van der Waals surface area contributed by atoms with E-state index in [1.165, 1.54) is 6.20 Å². The summed E-state index contributed by atoms with van der Waals surface area (Å²) < 4.78 is 25.7. The molecule has 1 aromatic heterocycles. The lowest BCUT2D eigenvalue weighted by atomic mass is 10.1. The Morgan fingerprint density at radius 3 is 2.74 bits per heavy atom. The molecule has 0 bridgehead atoms. The molecule has 0 spiro atoms. The van der Waals surface area contributed by atoms with E-state index in [0.717, 1.165) is 11.1 Å². The topological polar surface area (TPSA) is 25.8 Å². The summed E-state index contributed by atoms with van der Waals surface area (Å²) in [5.41, 5.74) is 2.13. The molecule has 1 aromatic carbocycles. The van der Waals surface area contributed by atoms with Crippen molar-refractivity contribution in [3.05, 3.63) is 58.7 Å². The minimum absolute atomic E-state index is 0.00953. The molecule has 2 nitrogen and oxygen atoms in total. The van der Waals surface area contributed by atoms with Crippen molar-refractivity contribution >= 4 is 11.6 Å². The van der Waals surface area contributed by atoms with Gasteiger partial charge in [-0.1, -0.05) is 29.8 Å². The van der Waals surface area contributed by atoms with Gasteiger partial charge in [0, 0.05) is 18.2 Å². The van der Waals surface area contributed by atoms with Gasteiger partial charge in [0.1, 0.15) is 11.5 Å². The first-order chi connectivity index (χ1) is 9.10. The fourth-order valence-electron chi connectivity index (χ4n) is 1.84. The molecular formula is C14H13ClF2N2. The Hall–Kier alpha value is -1.55. The van der Waals surface area contributed by atoms with Crippen molar-refractivity contribution in [3.63, 3.8) is 0 Å². The molecule has 0 aliphatic rings. The van der Waals surface area contributed by atoms with Gasteiger partial charge in [-0.15, -0.1) is 11.6 Å². The Balaban J connectivity index is 2.28. The predicted octanol–water partition coefficient (Wildman–Crippen LogP) is 4.05. The van der Waals surface area contributed by atoms with Crippen molar-refractivity contribution in [2.75, 3.05) is 0 Å². The number of benzene rings is 1. The number of alkyl halides is 3. The molecule has 1 heterocycles. The number of hydrogen-bond donors (Lipinski definition) is 0. The molecule has 19 heavy (non-hydrogen) atoms. The van der Waals surface area contributed by atoms with Gasteiger partial charge in [0.25, 0.3) is 6.43 Å². The third kappa shape index (κ3) is 3.47. The van der Waals surface area contributed by atoms with E-state index < -0.39 is 6.43 Å². The standard InChI is InChI=1S/C14H13ClF2N2/c1-9-3-2-4-10(5-9)6-12-18-8-11(7-15)13(19-12)14(16)17/h2-5,8,14H,6-7H2,1H3. The summed E-state index contributed by atoms with van der Waals surface area (Å²) in [6, 6.07) is 7.81. The molecule has 0 unspecified atom stereocenters. The van der Waals surface area contributed by atoms with E-state index >= 15 is 0 Å². The van der Waals surface area contributed by atoms with Gasteiger partial charge in [-0.2, -0.15) is 0 Å². The summed E-state index contributed by atoms with van der Waals surface area (Å²) in [7, 11) is 0. The van der Waals surface area contributed by atoms with E-state index in [2.05, 4.69) is 9.97 Å². The molecule has 2 aromatic rings. The molecule has 0 amide bonds. The summed E-state index contributed by atoms with van der Waals surface area (Å²) in [6.07, 6.45) is -0.815. The molecule has 0 atom stereocenters. The van der Waals surface area contributed by atoms with Crippen LogP contribution in [-0.4, -0.2) is 9.97 Å². The van der Waals surface area contributed by atoms with Crippen molar-refractivity contribution in [2.24, 2.45) is 0 Å². The molecule has 0 aliphatic heterocycles. The first kappa shape index (κ1) is 13.9. The second-order valence-corrected chi connectivity index (χ2v) is 4.56. The highest BCUT2D eigenvalue weighted by atomic mass is 35.5. The van der Waals surface area contributed by atoms with Gasteiger partial charge in [0.05, 0.1) is 5.88 Å². The summed E-state index contributed by atoms with van der Waals surface area (Å²) in [4.78, 5) is 8.01. The van der Waals surface area contributed by atoms with Gasteiger partial charge >= 0.3 is 0 Å². The maximum Gasteiger partial charge on any atom is 0.280 e. The molecule has 2 rings (SSSR count). The smallest absolute Gasteiger partial charge is 0.241 e. The fraction of sp³-hybridized carbons (Fsp3) is 0.286. The quantitative estimate of drug-likeness (QED) is 0.791. The largest absolute Gasteiger partial charge is 0.280 e. The average Bonchev–Trinajstić information content (AvgIpc) is 2.38. The lowest BCUT2D eigenvalue weighted by Crippen LogP contribution is -2.04. The molecule has 0 radical (unpaired) electrons. The van der Waals surface area contributed by atoms with Crippen LogP contribution in [0.4, 0.5) is 8.78 Å². The van der Waals surface area contributed by atoms with Gasteiger partial charge in [-0.25, -0.2) is 18.7 Å². The minimum atomic E-state index is -2.63. The van der Waals surface area contributed by atoms with E-state index in [4.69, 9.17) is 11.6 Å². The van der Waals surface area contributed by atoms with Gasteiger partial charge in [-0.3, -0.25) is 0 Å². The number of aryl methyl sites for hydroxylation is 1. The van der Waals surface area contributed by atoms with Crippen molar-refractivity contribution < 1.29 is 8.78 Å². The van der Waals surface area contributed by atoms with Crippen molar-refractivity contribution in [1.29, 1.82) is 0 Å². The first-order valence-electron chi connectivity index (χ1n) is 5.84. The molecule has 0 aliphatic carbocycles. The molecule has 5 heteroatoms. The SMILES string of the molecule is Cc1cccc(Cc2ncc(CCl)c(C(F)F)n2)c1. The maximum atomic E-state index is 12.8. The third-order valence-corrected chi connectivity index (χ3v) is 3.03. The van der Waals surface area contributed by atoms with Crippen LogP contribution < -0.4 is 0 Å². The van der Waals surface area contributed by atoms with Crippen LogP contribution >= 0.6 is 11.6 Å². The molecule has 0 saturated carbocycles. The lowest BCUT2D eigenvalue weighted by Gasteiger charge is -2.08. The molecule has 100 valence electrons. The van der Waals surface area contributed by atoms with Crippen molar-refractivity contribution in [2.45, 2.75) is 25.7 Å². The van der Waals surface area contributed by atoms with Crippen LogP contribution in [0, 0.1) is 6.92 Å². The zero-order chi connectivity index (χ0) is 13.8. The Bertz CT molecular complexity index is 573. The van der Waals surface area contributed by atoms with E-state index in [0.29, 0.717) is 12.2 Å². The summed E-state index contributed by atoms with van der Waals surface area (Å²) >= 11 is 5.60. The number of halogens is 3. The average molecular weight is 283 g/mol. The first-order valence-corrected chi connectivity index (χ1v) is 6.38. The second kappa shape index (κ2) is 6.06. The highest BCUT2D eigenvalue weighted by molar-refractivity contribution is 6.17. The molecule has 0 fully saturated rings. The van der Waals surface area contributed by atoms with Crippen LogP contribution in [0.3, 0.4) is 0 Å². The lowest BCUT2D eigenvalue weighted by molar-refractivity contribution is 0.144. The predicted molar refractivity (Wildman–Crippen MR) is 70.5 cm³/mol. The van der Waals surface area contributed by atoms with Crippen molar-refractivity contribution in [3.8, 4) is 0 Å². The van der Waals surface area contributed by atoms with E-state index in [9.17, 15) is 8.78 Å². The fourth-order valence-corrected chi connectivity index (χ4v) is 2.05. The summed E-state index contributed by atoms with van der Waals surface area (Å²) in [5.74, 6) is 0.375. The van der Waals surface area contributed by atoms with Gasteiger partial charge in [-0.05, 0) is 12.5 Å². The summed E-state index contributed by atoms with van der Waals surface area (Å²) in [5, 5.41) is 0. The zero-order valence-corrected chi connectivity index (χ0v) is 11.2. The number of aromatic nitrogens is 2. The summed E-state index contributed by atoms with van der Waals surface area (Å²) in [6.45, 7) is 1.98. The van der Waals surface area contributed by atoms with Crippen LogP contribution in [0.15, 0.2) is 30.5 Å². The molecule has 0 saturated heterocycles. The maximum absolute atomic E-state index is 12.8. The van der Waals surface area contributed by atoms with Gasteiger partial charge in [0.2, 0.25) is 0 Å². The highest BCUT2D eigenvalue weighted by Gasteiger charge is 2.16. The molecule has 0 N–H and O–H groups in total. The second-order valence-electron chi connectivity index (χ2n) is 4.30.